The minimum absolute atomic E-state index is 0.726. The van der Waals surface area contributed by atoms with E-state index in [1.54, 1.807) is 11.1 Å². The lowest BCUT2D eigenvalue weighted by Crippen LogP contribution is -2.18. The van der Waals surface area contributed by atoms with Gasteiger partial charge in [0.25, 0.3) is 0 Å². The number of hydrogen-bond donors (Lipinski definition) is 2. The van der Waals surface area contributed by atoms with Gasteiger partial charge < -0.3 is 10.6 Å². The van der Waals surface area contributed by atoms with E-state index < -0.39 is 0 Å². The highest BCUT2D eigenvalue weighted by Crippen LogP contribution is 2.44. The molecule has 2 heterocycles. The van der Waals surface area contributed by atoms with Crippen LogP contribution < -0.4 is 10.6 Å². The molecule has 2 aromatic rings. The highest BCUT2D eigenvalue weighted by Gasteiger charge is 2.33. The lowest BCUT2D eigenvalue weighted by Gasteiger charge is -2.16. The summed E-state index contributed by atoms with van der Waals surface area (Å²) >= 11 is 0. The summed E-state index contributed by atoms with van der Waals surface area (Å²) in [5, 5.41) is 7.41. The van der Waals surface area contributed by atoms with Crippen molar-refractivity contribution >= 4 is 11.4 Å². The highest BCUT2D eigenvalue weighted by molar-refractivity contribution is 5.61. The molecule has 0 amide bonds. The normalized spacial score (nSPS) is 28.9. The fourth-order valence-corrected chi connectivity index (χ4v) is 6.35. The van der Waals surface area contributed by atoms with Crippen molar-refractivity contribution in [3.8, 4) is 0 Å². The van der Waals surface area contributed by atoms with Gasteiger partial charge in [-0.25, -0.2) is 0 Å². The zero-order chi connectivity index (χ0) is 20.5. The van der Waals surface area contributed by atoms with E-state index in [0.29, 0.717) is 0 Å². The molecule has 0 bridgehead atoms. The molecule has 4 atom stereocenters. The van der Waals surface area contributed by atoms with Crippen molar-refractivity contribution in [2.75, 3.05) is 10.6 Å². The van der Waals surface area contributed by atoms with Crippen molar-refractivity contribution in [1.29, 1.82) is 0 Å². The van der Waals surface area contributed by atoms with Crippen LogP contribution >= 0.6 is 0 Å². The Morgan fingerprint density at radius 2 is 1.00 bits per heavy atom. The van der Waals surface area contributed by atoms with Crippen LogP contribution in [0.5, 0.6) is 0 Å². The summed E-state index contributed by atoms with van der Waals surface area (Å²) < 4.78 is 0. The first-order valence-electron chi connectivity index (χ1n) is 12.4. The van der Waals surface area contributed by atoms with E-state index in [4.69, 9.17) is 0 Å². The van der Waals surface area contributed by atoms with Crippen molar-refractivity contribution < 1.29 is 0 Å². The number of anilines is 2. The Morgan fingerprint density at radius 1 is 0.567 bits per heavy atom. The Bertz CT molecular complexity index is 813. The van der Waals surface area contributed by atoms with Crippen LogP contribution in [0.1, 0.15) is 98.3 Å². The molecular formula is C28H38N2. The lowest BCUT2D eigenvalue weighted by molar-refractivity contribution is 0.562. The van der Waals surface area contributed by atoms with E-state index >= 15 is 0 Å². The Kier molecular flexibility index (Phi) is 5.76. The second-order valence-electron chi connectivity index (χ2n) is 10.2. The second-order valence-corrected chi connectivity index (χ2v) is 10.2. The molecule has 4 aliphatic rings. The fourth-order valence-electron chi connectivity index (χ4n) is 6.35. The largest absolute Gasteiger partial charge is 0.381 e. The molecule has 30 heavy (non-hydrogen) atoms. The zero-order valence-electron chi connectivity index (χ0n) is 18.8. The SMILES string of the molecule is Cc1ccc2c(c1)[C@@H]1CCCCC[C@@H]1N2.Cc1ccc2c(c1)[C@@H]1CCCCC[C@H]1N2. The first-order valence-corrected chi connectivity index (χ1v) is 12.4. The molecule has 2 fully saturated rings. The van der Waals surface area contributed by atoms with Gasteiger partial charge in [0, 0.05) is 35.3 Å². The zero-order valence-corrected chi connectivity index (χ0v) is 18.8. The van der Waals surface area contributed by atoms with E-state index in [0.717, 1.165) is 23.9 Å². The van der Waals surface area contributed by atoms with Crippen LogP contribution in [0.4, 0.5) is 11.4 Å². The molecule has 6 rings (SSSR count). The number of hydrogen-bond acceptors (Lipinski definition) is 2. The molecule has 0 aromatic heterocycles. The number of benzene rings is 2. The molecule has 2 aromatic carbocycles. The van der Waals surface area contributed by atoms with E-state index in [1.165, 1.54) is 86.7 Å². The molecule has 2 heteroatoms. The maximum absolute atomic E-state index is 3.70. The van der Waals surface area contributed by atoms with Gasteiger partial charge in [-0.3, -0.25) is 0 Å². The molecule has 2 saturated carbocycles. The van der Waals surface area contributed by atoms with Crippen LogP contribution in [0, 0.1) is 13.8 Å². The number of nitrogens with one attached hydrogen (secondary N) is 2. The average molecular weight is 403 g/mol. The van der Waals surface area contributed by atoms with Gasteiger partial charge in [-0.05, 0) is 62.8 Å². The third-order valence-corrected chi connectivity index (χ3v) is 7.93. The molecule has 2 aliphatic heterocycles. The van der Waals surface area contributed by atoms with Gasteiger partial charge in [0.15, 0.2) is 0 Å². The molecule has 2 N–H and O–H groups in total. The summed E-state index contributed by atoms with van der Waals surface area (Å²) in [5.41, 5.74) is 8.78. The molecule has 2 nitrogen and oxygen atoms in total. The Hall–Kier alpha value is -1.96. The summed E-state index contributed by atoms with van der Waals surface area (Å²) in [6.45, 7) is 4.40. The van der Waals surface area contributed by atoms with Crippen LogP contribution in [0.3, 0.4) is 0 Å². The van der Waals surface area contributed by atoms with Crippen LogP contribution in [0.25, 0.3) is 0 Å². The maximum atomic E-state index is 3.70. The van der Waals surface area contributed by atoms with Gasteiger partial charge in [0.2, 0.25) is 0 Å². The molecule has 0 unspecified atom stereocenters. The minimum atomic E-state index is 0.726. The van der Waals surface area contributed by atoms with Crippen molar-refractivity contribution in [3.05, 3.63) is 58.7 Å². The van der Waals surface area contributed by atoms with E-state index in [9.17, 15) is 0 Å². The topological polar surface area (TPSA) is 24.1 Å². The predicted molar refractivity (Wildman–Crippen MR) is 129 cm³/mol. The quantitative estimate of drug-likeness (QED) is 0.472. The fraction of sp³-hybridized carbons (Fsp3) is 0.571. The van der Waals surface area contributed by atoms with E-state index in [1.807, 2.05) is 0 Å². The first kappa shape index (κ1) is 20.0. The summed E-state index contributed by atoms with van der Waals surface area (Å²) in [6, 6.07) is 15.2. The summed E-state index contributed by atoms with van der Waals surface area (Å²) in [4.78, 5) is 0. The highest BCUT2D eigenvalue weighted by atomic mass is 15.0. The van der Waals surface area contributed by atoms with Gasteiger partial charge >= 0.3 is 0 Å². The lowest BCUT2D eigenvalue weighted by atomic mass is 9.90. The van der Waals surface area contributed by atoms with E-state index in [2.05, 4.69) is 60.9 Å². The van der Waals surface area contributed by atoms with Crippen LogP contribution in [0.2, 0.25) is 0 Å². The van der Waals surface area contributed by atoms with Crippen molar-refractivity contribution in [1.82, 2.24) is 0 Å². The molecule has 2 aliphatic carbocycles. The summed E-state index contributed by atoms with van der Waals surface area (Å²) in [5.74, 6) is 1.59. The number of rotatable bonds is 0. The van der Waals surface area contributed by atoms with Crippen LogP contribution in [0.15, 0.2) is 36.4 Å². The summed E-state index contributed by atoms with van der Waals surface area (Å²) in [6.07, 6.45) is 14.0. The molecule has 160 valence electrons. The van der Waals surface area contributed by atoms with Gasteiger partial charge in [-0.2, -0.15) is 0 Å². The average Bonchev–Trinajstić information content (AvgIpc) is 3.03. The predicted octanol–water partition coefficient (Wildman–Crippen LogP) is 7.67. The Balaban J connectivity index is 0.000000128. The van der Waals surface area contributed by atoms with Crippen molar-refractivity contribution in [2.45, 2.75) is 102 Å². The van der Waals surface area contributed by atoms with Gasteiger partial charge in [-0.1, -0.05) is 73.9 Å². The maximum Gasteiger partial charge on any atom is 0.0378 e. The van der Waals surface area contributed by atoms with Crippen molar-refractivity contribution in [2.24, 2.45) is 0 Å². The standard InChI is InChI=1S/2C14H19N/c2*1-10-7-8-14-12(9-10)11-5-3-2-4-6-13(11)15-14/h2*7-9,11,13,15H,2-6H2,1H3/t11-,13+;11-,13-/m00/s1. The first-order chi connectivity index (χ1) is 14.7. The van der Waals surface area contributed by atoms with Gasteiger partial charge in [0.05, 0.1) is 0 Å². The third kappa shape index (κ3) is 3.98. The number of aryl methyl sites for hydroxylation is 2. The monoisotopic (exact) mass is 402 g/mol. The molecule has 0 saturated heterocycles. The third-order valence-electron chi connectivity index (χ3n) is 7.93. The number of fused-ring (bicyclic) bond motifs is 6. The van der Waals surface area contributed by atoms with Gasteiger partial charge in [0.1, 0.15) is 0 Å². The molecule has 0 spiro atoms. The Labute approximate surface area is 182 Å². The van der Waals surface area contributed by atoms with Gasteiger partial charge in [-0.15, -0.1) is 0 Å². The second kappa shape index (κ2) is 8.65. The Morgan fingerprint density at radius 3 is 1.47 bits per heavy atom. The minimum Gasteiger partial charge on any atom is -0.381 e. The molecular weight excluding hydrogens is 364 g/mol. The van der Waals surface area contributed by atoms with Crippen LogP contribution in [-0.4, -0.2) is 12.1 Å². The van der Waals surface area contributed by atoms with E-state index in [-0.39, 0.29) is 0 Å². The smallest absolute Gasteiger partial charge is 0.0378 e. The van der Waals surface area contributed by atoms with Crippen LogP contribution in [-0.2, 0) is 0 Å². The van der Waals surface area contributed by atoms with Crippen molar-refractivity contribution in [3.63, 3.8) is 0 Å². The molecule has 0 radical (unpaired) electrons. The summed E-state index contributed by atoms with van der Waals surface area (Å²) in [7, 11) is 0.